The number of alkyl carbamates (subject to hydrolysis) is 1. The standard InChI is InChI=1S/C25H36F9N3O5/c1-12(2)15(17(38)22(26,27)23(28,29)24(30,31)25(32,33)34)35-19(40)37(11-9-10-14(37)5)18(39)16(13(3)4)36-20(41)42-21(6,7)8/h12-16H,9-11H2,1-8H3,(H-,35,36,40,41)/p+1/t14-,15?,16+,37?/m1/s1. The number of alkyl halides is 9. The van der Waals surface area contributed by atoms with Gasteiger partial charge in [0, 0.05) is 12.8 Å². The molecule has 1 fully saturated rings. The van der Waals surface area contributed by atoms with Gasteiger partial charge in [-0.2, -0.15) is 44.0 Å². The van der Waals surface area contributed by atoms with Crippen LogP contribution in [0.3, 0.4) is 0 Å². The molecular formula is C25H37F9N3O5+. The number of hydrogen-bond acceptors (Lipinski definition) is 5. The molecule has 0 saturated carbocycles. The number of Topliss-reactive ketones (excluding diaryl/α,β-unsaturated/α-hetero) is 1. The number of imide groups is 1. The summed E-state index contributed by atoms with van der Waals surface area (Å²) in [6.45, 7) is 10.6. The molecule has 2 N–H and O–H groups in total. The number of carbonyl (C=O) groups is 4. The van der Waals surface area contributed by atoms with Crippen LogP contribution in [0, 0.1) is 11.8 Å². The summed E-state index contributed by atoms with van der Waals surface area (Å²) in [6.07, 6.45) is -7.79. The van der Waals surface area contributed by atoms with Gasteiger partial charge in [0.15, 0.2) is 6.04 Å². The number of nitrogens with zero attached hydrogens (tertiary/aromatic N) is 1. The van der Waals surface area contributed by atoms with Gasteiger partial charge in [-0.3, -0.25) is 10.1 Å². The highest BCUT2D eigenvalue weighted by Crippen LogP contribution is 2.53. The predicted octanol–water partition coefficient (Wildman–Crippen LogP) is 5.83. The van der Waals surface area contributed by atoms with Crippen molar-refractivity contribution in [2.45, 2.75) is 116 Å². The first kappa shape index (κ1) is 37.4. The van der Waals surface area contributed by atoms with Crippen LogP contribution in [0.1, 0.15) is 68.2 Å². The Bertz CT molecular complexity index is 1040. The van der Waals surface area contributed by atoms with Crippen LogP contribution in [-0.4, -0.2) is 82.5 Å². The second-order valence-corrected chi connectivity index (χ2v) is 12.0. The van der Waals surface area contributed by atoms with Gasteiger partial charge in [0.25, 0.3) is 0 Å². The zero-order valence-electron chi connectivity index (χ0n) is 24.4. The van der Waals surface area contributed by atoms with E-state index >= 15 is 0 Å². The van der Waals surface area contributed by atoms with Crippen LogP contribution in [0.2, 0.25) is 0 Å². The maximum Gasteiger partial charge on any atom is 0.460 e. The fourth-order valence-electron chi connectivity index (χ4n) is 4.51. The number of amides is 4. The molecule has 0 aromatic rings. The molecule has 0 radical (unpaired) electrons. The fraction of sp³-hybridized carbons (Fsp3) is 0.840. The maximum absolute atomic E-state index is 14.5. The molecule has 1 rings (SSSR count). The third-order valence-electron chi connectivity index (χ3n) is 6.93. The fourth-order valence-corrected chi connectivity index (χ4v) is 4.51. The van der Waals surface area contributed by atoms with Gasteiger partial charge in [-0.25, -0.2) is 14.4 Å². The maximum atomic E-state index is 14.5. The summed E-state index contributed by atoms with van der Waals surface area (Å²) in [7, 11) is 0. The monoisotopic (exact) mass is 630 g/mol. The van der Waals surface area contributed by atoms with E-state index in [-0.39, 0.29) is 19.4 Å². The van der Waals surface area contributed by atoms with Crippen molar-refractivity contribution >= 4 is 23.8 Å². The Balaban J connectivity index is 3.53. The predicted molar refractivity (Wildman–Crippen MR) is 130 cm³/mol. The van der Waals surface area contributed by atoms with Gasteiger partial charge in [0.05, 0.1) is 6.54 Å². The lowest BCUT2D eigenvalue weighted by molar-refractivity contribution is -0.786. The highest BCUT2D eigenvalue weighted by Gasteiger charge is 2.84. The molecule has 0 aromatic carbocycles. The summed E-state index contributed by atoms with van der Waals surface area (Å²) >= 11 is 0. The van der Waals surface area contributed by atoms with E-state index < -0.39 is 87.8 Å². The first-order chi connectivity index (χ1) is 18.6. The zero-order chi connectivity index (χ0) is 33.4. The number of ketones is 1. The number of urea groups is 1. The van der Waals surface area contributed by atoms with E-state index in [1.807, 2.05) is 0 Å². The summed E-state index contributed by atoms with van der Waals surface area (Å²) in [5.74, 6) is -27.4. The summed E-state index contributed by atoms with van der Waals surface area (Å²) < 4.78 is 126. The van der Waals surface area contributed by atoms with E-state index in [0.717, 1.165) is 13.8 Å². The number of likely N-dealkylation sites (tertiary alicyclic amines) is 1. The highest BCUT2D eigenvalue weighted by atomic mass is 19.4. The van der Waals surface area contributed by atoms with E-state index in [0.29, 0.717) is 0 Å². The van der Waals surface area contributed by atoms with Gasteiger partial charge in [0.1, 0.15) is 17.7 Å². The number of rotatable bonds is 9. The van der Waals surface area contributed by atoms with Crippen LogP contribution in [0.25, 0.3) is 0 Å². The van der Waals surface area contributed by atoms with Crippen molar-refractivity contribution in [2.75, 3.05) is 6.54 Å². The second-order valence-electron chi connectivity index (χ2n) is 12.0. The van der Waals surface area contributed by atoms with Crippen molar-refractivity contribution < 1.29 is 67.9 Å². The Morgan fingerprint density at radius 2 is 1.26 bits per heavy atom. The highest BCUT2D eigenvalue weighted by molar-refractivity contribution is 5.96. The molecule has 1 saturated heterocycles. The number of hydrogen-bond donors (Lipinski definition) is 2. The minimum atomic E-state index is -7.31. The van der Waals surface area contributed by atoms with Crippen molar-refractivity contribution in [2.24, 2.45) is 11.8 Å². The van der Waals surface area contributed by atoms with Gasteiger partial charge in [0.2, 0.25) is 5.78 Å². The smallest absolute Gasteiger partial charge is 0.444 e. The number of halogens is 9. The lowest BCUT2D eigenvalue weighted by atomic mass is 9.90. The van der Waals surface area contributed by atoms with E-state index in [9.17, 15) is 58.7 Å². The van der Waals surface area contributed by atoms with Crippen molar-refractivity contribution in [3.05, 3.63) is 0 Å². The van der Waals surface area contributed by atoms with Crippen LogP contribution in [0.4, 0.5) is 49.1 Å². The molecule has 244 valence electrons. The number of ether oxygens (including phenoxy) is 1. The molecule has 2 unspecified atom stereocenters. The third-order valence-corrected chi connectivity index (χ3v) is 6.93. The molecule has 0 aliphatic carbocycles. The zero-order valence-corrected chi connectivity index (χ0v) is 24.4. The Labute approximate surface area is 237 Å². The molecule has 1 heterocycles. The van der Waals surface area contributed by atoms with Crippen molar-refractivity contribution in [3.63, 3.8) is 0 Å². The summed E-state index contributed by atoms with van der Waals surface area (Å²) in [6, 6.07) is -6.50. The third kappa shape index (κ3) is 6.96. The summed E-state index contributed by atoms with van der Waals surface area (Å²) in [4.78, 5) is 52.4. The van der Waals surface area contributed by atoms with Crippen LogP contribution in [0.15, 0.2) is 0 Å². The molecule has 4 amide bonds. The SMILES string of the molecule is CC(C)C(NC(=O)[N+]1(C(=O)[C@@H](NC(=O)OC(C)(C)C)C(C)C)CCC[C@H]1C)C(=O)C(F)(F)C(F)(F)C(F)(F)C(F)(F)F. The van der Waals surface area contributed by atoms with Crippen LogP contribution >= 0.6 is 0 Å². The van der Waals surface area contributed by atoms with Gasteiger partial charge in [-0.1, -0.05) is 27.7 Å². The van der Waals surface area contributed by atoms with Crippen LogP contribution in [0.5, 0.6) is 0 Å². The molecule has 8 nitrogen and oxygen atoms in total. The first-order valence-electron chi connectivity index (χ1n) is 13.1. The van der Waals surface area contributed by atoms with Crippen LogP contribution < -0.4 is 10.6 Å². The van der Waals surface area contributed by atoms with Gasteiger partial charge < -0.3 is 10.1 Å². The largest absolute Gasteiger partial charge is 0.460 e. The normalized spacial score (nSPS) is 22.1. The molecule has 0 spiro atoms. The van der Waals surface area contributed by atoms with E-state index in [2.05, 4.69) is 5.32 Å². The number of nitrogens with one attached hydrogen (secondary N) is 2. The number of carbonyl (C=O) groups excluding carboxylic acids is 4. The van der Waals surface area contributed by atoms with E-state index in [1.54, 1.807) is 5.32 Å². The summed E-state index contributed by atoms with van der Waals surface area (Å²) in [5, 5.41) is 4.08. The Morgan fingerprint density at radius 1 is 0.786 bits per heavy atom. The minimum Gasteiger partial charge on any atom is -0.444 e. The van der Waals surface area contributed by atoms with Crippen molar-refractivity contribution in [1.29, 1.82) is 0 Å². The molecule has 1 aliphatic heterocycles. The van der Waals surface area contributed by atoms with Gasteiger partial charge in [-0.05, 0) is 39.5 Å². The Hall–Kier alpha value is -2.59. The van der Waals surface area contributed by atoms with Crippen molar-refractivity contribution in [3.8, 4) is 0 Å². The van der Waals surface area contributed by atoms with Gasteiger partial charge in [-0.15, -0.1) is 0 Å². The van der Waals surface area contributed by atoms with Crippen LogP contribution in [-0.2, 0) is 14.3 Å². The Kier molecular flexibility index (Phi) is 10.9. The number of quaternary nitrogens is 1. The molecule has 42 heavy (non-hydrogen) atoms. The quantitative estimate of drug-likeness (QED) is 0.247. The lowest BCUT2D eigenvalue weighted by Crippen LogP contribution is -2.71. The molecule has 17 heteroatoms. The summed E-state index contributed by atoms with van der Waals surface area (Å²) in [5.41, 5.74) is -0.986. The van der Waals surface area contributed by atoms with E-state index in [1.165, 1.54) is 41.5 Å². The Morgan fingerprint density at radius 3 is 1.62 bits per heavy atom. The second kappa shape index (κ2) is 12.2. The molecule has 1 aliphatic rings. The van der Waals surface area contributed by atoms with Crippen molar-refractivity contribution in [1.82, 2.24) is 10.6 Å². The molecular weight excluding hydrogens is 593 g/mol. The molecule has 0 bridgehead atoms. The topological polar surface area (TPSA) is 102 Å². The van der Waals surface area contributed by atoms with Gasteiger partial charge >= 0.3 is 42.0 Å². The minimum absolute atomic E-state index is 0.197. The molecule has 4 atom stereocenters. The lowest BCUT2D eigenvalue weighted by Gasteiger charge is -2.39. The molecule has 0 aromatic heterocycles. The van der Waals surface area contributed by atoms with E-state index in [4.69, 9.17) is 4.74 Å². The average molecular weight is 631 g/mol. The average Bonchev–Trinajstić information content (AvgIpc) is 3.19. The first-order valence-corrected chi connectivity index (χ1v) is 13.1.